The number of ether oxygens (including phenoxy) is 1. The first-order valence-electron chi connectivity index (χ1n) is 12.2. The Bertz CT molecular complexity index is 1730. The molecule has 0 amide bonds. The van der Waals surface area contributed by atoms with Crippen LogP contribution in [-0.4, -0.2) is 67.3 Å². The first-order chi connectivity index (χ1) is 18.5. The molecule has 9 nitrogen and oxygen atoms in total. The molecule has 5 aromatic heterocycles. The van der Waals surface area contributed by atoms with E-state index >= 15 is 0 Å². The van der Waals surface area contributed by atoms with Crippen molar-refractivity contribution in [1.82, 2.24) is 40.0 Å². The number of H-pyrrole nitrogens is 2. The topological polar surface area (TPSA) is 108 Å². The van der Waals surface area contributed by atoms with Gasteiger partial charge < -0.3 is 14.6 Å². The Labute approximate surface area is 217 Å². The van der Waals surface area contributed by atoms with Crippen LogP contribution in [0.5, 0.6) is 5.75 Å². The highest BCUT2D eigenvalue weighted by Gasteiger charge is 2.16. The number of hydrogen-bond donors (Lipinski definition) is 2. The summed E-state index contributed by atoms with van der Waals surface area (Å²) in [5.41, 5.74) is 6.22. The lowest BCUT2D eigenvalue weighted by atomic mass is 10.0. The Kier molecular flexibility index (Phi) is 6.22. The zero-order valence-electron chi connectivity index (χ0n) is 20.9. The fourth-order valence-corrected chi connectivity index (χ4v) is 4.50. The van der Waals surface area contributed by atoms with Crippen LogP contribution < -0.4 is 4.74 Å². The number of halogens is 1. The van der Waals surface area contributed by atoms with Gasteiger partial charge >= 0.3 is 0 Å². The molecule has 0 aliphatic carbocycles. The second-order valence-electron chi connectivity index (χ2n) is 9.33. The van der Waals surface area contributed by atoms with E-state index in [0.717, 1.165) is 57.3 Å². The van der Waals surface area contributed by atoms with Crippen LogP contribution in [-0.2, 0) is 0 Å². The van der Waals surface area contributed by atoms with E-state index in [1.54, 1.807) is 31.0 Å². The highest BCUT2D eigenvalue weighted by atomic mass is 19.1. The Hall–Kier alpha value is -4.70. The van der Waals surface area contributed by atoms with Gasteiger partial charge in [-0.1, -0.05) is 0 Å². The molecule has 38 heavy (non-hydrogen) atoms. The number of aromatic amines is 2. The lowest BCUT2D eigenvalue weighted by molar-refractivity contribution is 0.280. The van der Waals surface area contributed by atoms with Crippen molar-refractivity contribution in [3.8, 4) is 39.4 Å². The molecule has 0 unspecified atom stereocenters. The van der Waals surface area contributed by atoms with Gasteiger partial charge in [0.2, 0.25) is 0 Å². The molecule has 6 rings (SSSR count). The van der Waals surface area contributed by atoms with E-state index < -0.39 is 0 Å². The molecule has 10 heteroatoms. The lowest BCUT2D eigenvalue weighted by Gasteiger charge is -2.12. The standard InChI is InChI=1S/C28H25FN8O/c1-37(2)4-3-5-38-21-7-17(6-20(29)9-21)24-14-30-15-26-22(24)10-25(34-26)27-23-8-18(13-33-28(23)36-35-27)19-11-31-16-32-12-19/h6-16,34H,3-5H2,1-2H3,(H,33,35,36). The number of benzene rings is 1. The van der Waals surface area contributed by atoms with Crippen LogP contribution in [0.1, 0.15) is 6.42 Å². The average Bonchev–Trinajstić information content (AvgIpc) is 3.55. The first kappa shape index (κ1) is 23.7. The summed E-state index contributed by atoms with van der Waals surface area (Å²) in [4.78, 5) is 22.6. The molecule has 2 N–H and O–H groups in total. The third kappa shape index (κ3) is 4.69. The van der Waals surface area contributed by atoms with Gasteiger partial charge in [0.15, 0.2) is 5.65 Å². The summed E-state index contributed by atoms with van der Waals surface area (Å²) < 4.78 is 20.4. The van der Waals surface area contributed by atoms with E-state index in [1.165, 1.54) is 18.5 Å². The van der Waals surface area contributed by atoms with Crippen LogP contribution in [0.2, 0.25) is 0 Å². The molecule has 0 saturated heterocycles. The van der Waals surface area contributed by atoms with Gasteiger partial charge in [0.05, 0.1) is 24.0 Å². The van der Waals surface area contributed by atoms with Crippen molar-refractivity contribution in [2.45, 2.75) is 6.42 Å². The number of nitrogens with zero attached hydrogens (tertiary/aromatic N) is 6. The molecular formula is C28H25FN8O. The SMILES string of the molecule is CN(C)CCCOc1cc(F)cc(-c2cncc3[nH]c(-c4n[nH]c5ncc(-c6cncnc6)cc45)cc23)c1. The Morgan fingerprint density at radius 3 is 2.58 bits per heavy atom. The van der Waals surface area contributed by atoms with Gasteiger partial charge in [-0.2, -0.15) is 5.10 Å². The molecule has 0 atom stereocenters. The summed E-state index contributed by atoms with van der Waals surface area (Å²) >= 11 is 0. The van der Waals surface area contributed by atoms with Crippen molar-refractivity contribution in [3.63, 3.8) is 0 Å². The fourth-order valence-electron chi connectivity index (χ4n) is 4.50. The molecule has 0 saturated carbocycles. The molecule has 6 aromatic rings. The maximum Gasteiger partial charge on any atom is 0.155 e. The summed E-state index contributed by atoms with van der Waals surface area (Å²) in [7, 11) is 4.02. The summed E-state index contributed by atoms with van der Waals surface area (Å²) in [6.45, 7) is 1.41. The Morgan fingerprint density at radius 2 is 1.74 bits per heavy atom. The lowest BCUT2D eigenvalue weighted by Crippen LogP contribution is -2.15. The van der Waals surface area contributed by atoms with Crippen molar-refractivity contribution in [2.75, 3.05) is 27.2 Å². The quantitative estimate of drug-likeness (QED) is 0.276. The van der Waals surface area contributed by atoms with Crippen LogP contribution in [0, 0.1) is 5.82 Å². The van der Waals surface area contributed by atoms with Crippen molar-refractivity contribution in [1.29, 1.82) is 0 Å². The molecule has 1 aromatic carbocycles. The van der Waals surface area contributed by atoms with E-state index in [-0.39, 0.29) is 5.82 Å². The summed E-state index contributed by atoms with van der Waals surface area (Å²) in [5.74, 6) is 0.132. The molecule has 0 fully saturated rings. The van der Waals surface area contributed by atoms with E-state index in [4.69, 9.17) is 4.74 Å². The van der Waals surface area contributed by atoms with Crippen LogP contribution in [0.4, 0.5) is 4.39 Å². The number of hydrogen-bond acceptors (Lipinski definition) is 7. The number of aromatic nitrogens is 7. The maximum atomic E-state index is 14.6. The van der Waals surface area contributed by atoms with Crippen molar-refractivity contribution >= 4 is 21.9 Å². The second-order valence-corrected chi connectivity index (χ2v) is 9.33. The fraction of sp³-hybridized carbons (Fsp3) is 0.179. The highest BCUT2D eigenvalue weighted by Crippen LogP contribution is 2.35. The van der Waals surface area contributed by atoms with Crippen LogP contribution >= 0.6 is 0 Å². The van der Waals surface area contributed by atoms with Crippen molar-refractivity contribution < 1.29 is 9.13 Å². The maximum absolute atomic E-state index is 14.6. The monoisotopic (exact) mass is 508 g/mol. The van der Waals surface area contributed by atoms with Gasteiger partial charge in [0.25, 0.3) is 0 Å². The third-order valence-corrected chi connectivity index (χ3v) is 6.31. The van der Waals surface area contributed by atoms with Gasteiger partial charge in [-0.05, 0) is 50.3 Å². The Balaban J connectivity index is 1.37. The third-order valence-electron chi connectivity index (χ3n) is 6.31. The van der Waals surface area contributed by atoms with Gasteiger partial charge in [-0.25, -0.2) is 19.3 Å². The molecule has 0 aliphatic rings. The number of nitrogens with one attached hydrogen (secondary N) is 2. The Morgan fingerprint density at radius 1 is 0.868 bits per heavy atom. The van der Waals surface area contributed by atoms with Gasteiger partial charge in [-0.3, -0.25) is 10.1 Å². The highest BCUT2D eigenvalue weighted by molar-refractivity contribution is 6.00. The number of rotatable bonds is 8. The summed E-state index contributed by atoms with van der Waals surface area (Å²) in [6, 6.07) is 8.77. The zero-order valence-corrected chi connectivity index (χ0v) is 20.9. The minimum absolute atomic E-state index is 0.361. The van der Waals surface area contributed by atoms with Gasteiger partial charge in [0.1, 0.15) is 23.6 Å². The molecular weight excluding hydrogens is 483 g/mol. The smallest absolute Gasteiger partial charge is 0.155 e. The van der Waals surface area contributed by atoms with E-state index in [9.17, 15) is 4.39 Å². The summed E-state index contributed by atoms with van der Waals surface area (Å²) in [6.07, 6.45) is 11.1. The zero-order chi connectivity index (χ0) is 26.1. The molecule has 0 aliphatic heterocycles. The van der Waals surface area contributed by atoms with Gasteiger partial charge in [0, 0.05) is 64.9 Å². The molecule has 5 heterocycles. The normalized spacial score (nSPS) is 11.6. The van der Waals surface area contributed by atoms with Gasteiger partial charge in [-0.15, -0.1) is 0 Å². The predicted octanol–water partition coefficient (Wildman–Crippen LogP) is 5.09. The predicted molar refractivity (Wildman–Crippen MR) is 144 cm³/mol. The molecule has 0 bridgehead atoms. The second kappa shape index (κ2) is 9.98. The van der Waals surface area contributed by atoms with E-state index in [1.807, 2.05) is 32.3 Å². The van der Waals surface area contributed by atoms with Crippen LogP contribution in [0.3, 0.4) is 0 Å². The molecule has 0 radical (unpaired) electrons. The van der Waals surface area contributed by atoms with E-state index in [0.29, 0.717) is 23.6 Å². The number of pyridine rings is 2. The number of fused-ring (bicyclic) bond motifs is 2. The van der Waals surface area contributed by atoms with Crippen LogP contribution in [0.15, 0.2) is 67.6 Å². The van der Waals surface area contributed by atoms with Crippen molar-refractivity contribution in [2.24, 2.45) is 0 Å². The minimum Gasteiger partial charge on any atom is -0.493 e. The largest absolute Gasteiger partial charge is 0.493 e. The van der Waals surface area contributed by atoms with E-state index in [2.05, 4.69) is 40.0 Å². The minimum atomic E-state index is -0.361. The summed E-state index contributed by atoms with van der Waals surface area (Å²) in [5, 5.41) is 9.28. The first-order valence-corrected chi connectivity index (χ1v) is 12.2. The average molecular weight is 509 g/mol. The molecule has 0 spiro atoms. The van der Waals surface area contributed by atoms with Crippen molar-refractivity contribution in [3.05, 3.63) is 73.5 Å². The molecule has 190 valence electrons. The van der Waals surface area contributed by atoms with Crippen LogP contribution in [0.25, 0.3) is 55.6 Å².